The van der Waals surface area contributed by atoms with Crippen molar-refractivity contribution in [1.82, 2.24) is 19.8 Å². The predicted octanol–water partition coefficient (Wildman–Crippen LogP) is 8.99. The van der Waals surface area contributed by atoms with Crippen LogP contribution in [0.15, 0.2) is 48.5 Å². The normalized spacial score (nSPS) is 22.1. The lowest BCUT2D eigenvalue weighted by molar-refractivity contribution is -0.137. The van der Waals surface area contributed by atoms with Gasteiger partial charge in [-0.05, 0) is 74.1 Å². The lowest BCUT2D eigenvalue weighted by Gasteiger charge is -2.38. The van der Waals surface area contributed by atoms with E-state index in [-0.39, 0.29) is 59.5 Å². The molecular weight excluding hydrogens is 761 g/mol. The molecule has 302 valence electrons. The monoisotopic (exact) mass is 812 g/mol. The number of carbonyl (C=O) groups is 1. The largest absolute Gasteiger partial charge is 0.462 e. The third-order valence-corrected chi connectivity index (χ3v) is 16.7. The van der Waals surface area contributed by atoms with Gasteiger partial charge in [-0.1, -0.05) is 68.8 Å². The molecule has 3 aliphatic heterocycles. The second kappa shape index (κ2) is 16.9. The minimum atomic E-state index is -4.65. The van der Waals surface area contributed by atoms with Crippen LogP contribution in [0.4, 0.5) is 23.7 Å². The molecule has 2 fully saturated rings. The molecule has 0 radical (unpaired) electrons. The van der Waals surface area contributed by atoms with Gasteiger partial charge in [0.05, 0.1) is 40.3 Å². The molecule has 0 spiro atoms. The van der Waals surface area contributed by atoms with Crippen LogP contribution in [0.1, 0.15) is 74.0 Å². The van der Waals surface area contributed by atoms with Gasteiger partial charge in [-0.25, -0.2) is 11.4 Å². The van der Waals surface area contributed by atoms with E-state index in [0.29, 0.717) is 44.7 Å². The van der Waals surface area contributed by atoms with E-state index in [1.807, 2.05) is 30.3 Å². The smallest absolute Gasteiger partial charge is 0.419 e. The maximum absolute atomic E-state index is 14.3. The molecule has 56 heavy (non-hydrogen) atoms. The van der Waals surface area contributed by atoms with Crippen LogP contribution < -0.4 is 9.64 Å². The Morgan fingerprint density at radius 3 is 2.48 bits per heavy atom. The number of halogens is 4. The number of aromatic nitrogens is 2. The van der Waals surface area contributed by atoms with E-state index >= 15 is 0 Å². The van der Waals surface area contributed by atoms with Gasteiger partial charge in [-0.3, -0.25) is 9.80 Å². The molecule has 1 amide bonds. The topological polar surface area (TPSA) is 84.6 Å². The van der Waals surface area contributed by atoms with Crippen molar-refractivity contribution in [3.05, 3.63) is 93.0 Å². The molecule has 15 heteroatoms. The fourth-order valence-corrected chi connectivity index (χ4v) is 9.43. The Hall–Kier alpha value is -3.90. The van der Waals surface area contributed by atoms with Crippen molar-refractivity contribution in [2.24, 2.45) is 0 Å². The van der Waals surface area contributed by atoms with E-state index in [1.54, 1.807) is 9.80 Å². The number of fused-ring (bicyclic) bond motifs is 1. The number of hydrogen-bond acceptors (Lipinski definition) is 8. The zero-order chi connectivity index (χ0) is 40.4. The summed E-state index contributed by atoms with van der Waals surface area (Å²) in [5.41, 5.74) is 2.22. The maximum Gasteiger partial charge on any atom is 0.419 e. The zero-order valence-corrected chi connectivity index (χ0v) is 34.8. The molecular formula is C41H52ClF3N6O4Si. The summed E-state index contributed by atoms with van der Waals surface area (Å²) >= 11 is 6.13. The summed E-state index contributed by atoms with van der Waals surface area (Å²) in [5, 5.41) is -0.274. The molecule has 0 aliphatic carbocycles. The Balaban J connectivity index is 1.25. The fraction of sp³-hybridized carbons (Fsp3) is 0.561. The van der Waals surface area contributed by atoms with Gasteiger partial charge in [0.25, 0.3) is 0 Å². The highest BCUT2D eigenvalue weighted by Crippen LogP contribution is 2.44. The number of rotatable bonds is 10. The summed E-state index contributed by atoms with van der Waals surface area (Å²) < 4.78 is 61.6. The molecule has 4 atom stereocenters. The maximum atomic E-state index is 14.3. The SMILES string of the molecule is [C-]#[N+]C[C@H]1CC(c2nc(OC[C@@H]3C[C@@H](O[Si](C)(C)C(C)(C)C)CN3C)nc3c2CCN(c2cccc(Cl)c2C(F)(F)F)C3)CCN1C(=O)OCc1ccccc1. The summed E-state index contributed by atoms with van der Waals surface area (Å²) in [6.07, 6.45) is -2.81. The van der Waals surface area contributed by atoms with Gasteiger partial charge in [-0.15, -0.1) is 0 Å². The van der Waals surface area contributed by atoms with Crippen molar-refractivity contribution in [1.29, 1.82) is 0 Å². The molecule has 0 saturated carbocycles. The first kappa shape index (κ1) is 41.7. The van der Waals surface area contributed by atoms with Crippen LogP contribution >= 0.6 is 11.6 Å². The van der Waals surface area contributed by atoms with E-state index in [2.05, 4.69) is 50.7 Å². The first-order valence-corrected chi connectivity index (χ1v) is 22.6. The molecule has 3 aliphatic rings. The lowest BCUT2D eigenvalue weighted by Crippen LogP contribution is -2.47. The first-order chi connectivity index (χ1) is 26.4. The number of ether oxygens (including phenoxy) is 2. The number of piperidine rings is 1. The minimum Gasteiger partial charge on any atom is -0.462 e. The summed E-state index contributed by atoms with van der Waals surface area (Å²) in [6, 6.07) is 13.5. The quantitative estimate of drug-likeness (QED) is 0.148. The molecule has 2 saturated heterocycles. The molecule has 10 nitrogen and oxygen atoms in total. The predicted molar refractivity (Wildman–Crippen MR) is 212 cm³/mol. The molecule has 6 rings (SSSR count). The van der Waals surface area contributed by atoms with Gasteiger partial charge in [0, 0.05) is 31.6 Å². The molecule has 1 unspecified atom stereocenters. The Kier molecular flexibility index (Phi) is 12.6. The third-order valence-electron chi connectivity index (χ3n) is 11.9. The summed E-state index contributed by atoms with van der Waals surface area (Å²) in [5.74, 6) is -0.140. The summed E-state index contributed by atoms with van der Waals surface area (Å²) in [4.78, 5) is 32.4. The van der Waals surface area contributed by atoms with Crippen molar-refractivity contribution in [3.8, 4) is 6.01 Å². The van der Waals surface area contributed by atoms with E-state index in [9.17, 15) is 18.0 Å². The van der Waals surface area contributed by atoms with Crippen molar-refractivity contribution >= 4 is 31.7 Å². The molecule has 3 aromatic rings. The Bertz CT molecular complexity index is 1910. The van der Waals surface area contributed by atoms with Crippen molar-refractivity contribution in [2.45, 2.75) is 108 Å². The van der Waals surface area contributed by atoms with Crippen molar-refractivity contribution in [3.63, 3.8) is 0 Å². The summed E-state index contributed by atoms with van der Waals surface area (Å²) in [6.45, 7) is 21.0. The number of likely N-dealkylation sites (N-methyl/N-ethyl adjacent to an activating group) is 1. The molecule has 1 aromatic heterocycles. The fourth-order valence-electron chi connectivity index (χ4n) is 7.79. The van der Waals surface area contributed by atoms with Crippen LogP contribution in [0.5, 0.6) is 6.01 Å². The van der Waals surface area contributed by atoms with Gasteiger partial charge in [0.2, 0.25) is 6.54 Å². The molecule has 2 aromatic carbocycles. The number of amides is 1. The van der Waals surface area contributed by atoms with Gasteiger partial charge >= 0.3 is 18.3 Å². The Labute approximate surface area is 334 Å². The van der Waals surface area contributed by atoms with E-state index in [1.165, 1.54) is 18.2 Å². The van der Waals surface area contributed by atoms with Crippen molar-refractivity contribution in [2.75, 3.05) is 44.7 Å². The van der Waals surface area contributed by atoms with Gasteiger partial charge < -0.3 is 23.6 Å². The van der Waals surface area contributed by atoms with Crippen LogP contribution in [0.25, 0.3) is 4.85 Å². The number of benzene rings is 2. The van der Waals surface area contributed by atoms with Crippen LogP contribution in [0.3, 0.4) is 0 Å². The van der Waals surface area contributed by atoms with Crippen LogP contribution in [-0.4, -0.2) is 92.2 Å². The average Bonchev–Trinajstić information content (AvgIpc) is 3.49. The number of nitrogens with zero attached hydrogens (tertiary/aromatic N) is 6. The highest BCUT2D eigenvalue weighted by Gasteiger charge is 2.43. The minimum absolute atomic E-state index is 0.00178. The third kappa shape index (κ3) is 9.44. The standard InChI is InChI=1S/C41H52ClF3N6O4Si/c1-40(2,3)56(6,7)55-31-21-30(49(5)23-31)26-53-38-47-34-24-50(35-15-11-14-33(42)36(35)41(43,44)45)18-17-32(34)37(48-38)28-16-19-51(29(20-28)22-46-4)39(52)54-25-27-12-9-8-10-13-27/h8-15,28-31H,16-26H2,1-3,5-7H3/t28?,29-,30+,31-/m1/s1. The number of likely N-dealkylation sites (tertiary alicyclic amines) is 2. The van der Waals surface area contributed by atoms with E-state index in [4.69, 9.17) is 42.0 Å². The summed E-state index contributed by atoms with van der Waals surface area (Å²) in [7, 11) is 0.0708. The molecule has 0 bridgehead atoms. The van der Waals surface area contributed by atoms with Crippen LogP contribution in [-0.2, 0) is 34.9 Å². The highest BCUT2D eigenvalue weighted by molar-refractivity contribution is 6.74. The van der Waals surface area contributed by atoms with E-state index < -0.39 is 32.2 Å². The van der Waals surface area contributed by atoms with E-state index in [0.717, 1.165) is 29.8 Å². The Morgan fingerprint density at radius 2 is 1.79 bits per heavy atom. The highest BCUT2D eigenvalue weighted by atomic mass is 35.5. The number of hydrogen-bond donors (Lipinski definition) is 0. The molecule has 0 N–H and O–H groups in total. The second-order valence-corrected chi connectivity index (χ2v) is 21.9. The number of anilines is 1. The average molecular weight is 813 g/mol. The van der Waals surface area contributed by atoms with Gasteiger partial charge in [0.15, 0.2) is 8.32 Å². The first-order valence-electron chi connectivity index (χ1n) is 19.3. The van der Waals surface area contributed by atoms with Crippen molar-refractivity contribution < 1.29 is 31.9 Å². The zero-order valence-electron chi connectivity index (χ0n) is 33.0. The van der Waals surface area contributed by atoms with Crippen LogP contribution in [0, 0.1) is 6.57 Å². The lowest BCUT2D eigenvalue weighted by atomic mass is 9.84. The van der Waals surface area contributed by atoms with Crippen LogP contribution in [0.2, 0.25) is 23.2 Å². The Morgan fingerprint density at radius 1 is 1.04 bits per heavy atom. The van der Waals surface area contributed by atoms with Gasteiger partial charge in [-0.2, -0.15) is 23.1 Å². The second-order valence-electron chi connectivity index (χ2n) is 16.7. The number of carbonyl (C=O) groups excluding carboxylic acids is 1. The number of alkyl halides is 3. The molecule has 4 heterocycles. The van der Waals surface area contributed by atoms with Gasteiger partial charge in [0.1, 0.15) is 19.3 Å².